The smallest absolute Gasteiger partial charge is 0.335 e. The number of benzene rings is 1. The molecule has 102 valence electrons. The van der Waals surface area contributed by atoms with Gasteiger partial charge in [-0.15, -0.1) is 6.58 Å². The number of rotatable bonds is 7. The summed E-state index contributed by atoms with van der Waals surface area (Å²) in [7, 11) is 0. The predicted molar refractivity (Wildman–Crippen MR) is 74.1 cm³/mol. The van der Waals surface area contributed by atoms with E-state index in [1.165, 1.54) is 0 Å². The Labute approximate surface area is 113 Å². The van der Waals surface area contributed by atoms with Crippen LogP contribution in [0.5, 0.6) is 0 Å². The standard InChI is InChI=1S/C15H19NO3/c1-3-4-11(2)16-14(17)10-7-12-5-8-13(9-6-12)15(18)19/h3,5-6,8-9,11H,1,4,7,10H2,2H3,(H,16,17)(H,18,19). The van der Waals surface area contributed by atoms with Gasteiger partial charge >= 0.3 is 5.97 Å². The van der Waals surface area contributed by atoms with E-state index in [4.69, 9.17) is 5.11 Å². The van der Waals surface area contributed by atoms with Crippen LogP contribution in [-0.2, 0) is 11.2 Å². The molecule has 0 fully saturated rings. The number of carbonyl (C=O) groups is 2. The number of aryl methyl sites for hydroxylation is 1. The van der Waals surface area contributed by atoms with Crippen molar-refractivity contribution in [1.82, 2.24) is 5.32 Å². The number of carboxylic acid groups (broad SMARTS) is 1. The highest BCUT2D eigenvalue weighted by molar-refractivity contribution is 5.87. The monoisotopic (exact) mass is 261 g/mol. The van der Waals surface area contributed by atoms with Crippen molar-refractivity contribution in [3.63, 3.8) is 0 Å². The summed E-state index contributed by atoms with van der Waals surface area (Å²) in [6.07, 6.45) is 3.52. The summed E-state index contributed by atoms with van der Waals surface area (Å²) in [5.41, 5.74) is 1.21. The number of hydrogen-bond acceptors (Lipinski definition) is 2. The van der Waals surface area contributed by atoms with Gasteiger partial charge in [0.2, 0.25) is 5.91 Å². The van der Waals surface area contributed by atoms with Gasteiger partial charge in [0.05, 0.1) is 5.56 Å². The molecular formula is C15H19NO3. The zero-order valence-electron chi connectivity index (χ0n) is 11.1. The maximum Gasteiger partial charge on any atom is 0.335 e. The Hall–Kier alpha value is -2.10. The molecule has 0 bridgehead atoms. The van der Waals surface area contributed by atoms with Crippen LogP contribution < -0.4 is 5.32 Å². The van der Waals surface area contributed by atoms with Crippen LogP contribution in [0.25, 0.3) is 0 Å². The fourth-order valence-electron chi connectivity index (χ4n) is 1.73. The number of aromatic carboxylic acids is 1. The van der Waals surface area contributed by atoms with Crippen molar-refractivity contribution in [2.75, 3.05) is 0 Å². The van der Waals surface area contributed by atoms with Gasteiger partial charge in [0.15, 0.2) is 0 Å². The number of nitrogens with one attached hydrogen (secondary N) is 1. The van der Waals surface area contributed by atoms with E-state index in [2.05, 4.69) is 11.9 Å². The van der Waals surface area contributed by atoms with Gasteiger partial charge in [0.1, 0.15) is 0 Å². The van der Waals surface area contributed by atoms with Crippen LogP contribution in [0.4, 0.5) is 0 Å². The summed E-state index contributed by atoms with van der Waals surface area (Å²) in [6.45, 7) is 5.56. The van der Waals surface area contributed by atoms with Crippen LogP contribution in [-0.4, -0.2) is 23.0 Å². The summed E-state index contributed by atoms with van der Waals surface area (Å²) >= 11 is 0. The molecule has 0 aliphatic heterocycles. The Morgan fingerprint density at radius 3 is 2.53 bits per heavy atom. The molecule has 0 heterocycles. The summed E-state index contributed by atoms with van der Waals surface area (Å²) < 4.78 is 0. The van der Waals surface area contributed by atoms with Crippen molar-refractivity contribution in [2.45, 2.75) is 32.2 Å². The van der Waals surface area contributed by atoms with Crippen molar-refractivity contribution in [3.05, 3.63) is 48.0 Å². The lowest BCUT2D eigenvalue weighted by molar-refractivity contribution is -0.121. The summed E-state index contributed by atoms with van der Waals surface area (Å²) in [6, 6.07) is 6.68. The fraction of sp³-hybridized carbons (Fsp3) is 0.333. The van der Waals surface area contributed by atoms with Crippen molar-refractivity contribution < 1.29 is 14.7 Å². The topological polar surface area (TPSA) is 66.4 Å². The van der Waals surface area contributed by atoms with Gasteiger partial charge in [0.25, 0.3) is 0 Å². The lowest BCUT2D eigenvalue weighted by Crippen LogP contribution is -2.32. The zero-order valence-corrected chi connectivity index (χ0v) is 11.1. The molecule has 1 atom stereocenters. The third kappa shape index (κ3) is 5.38. The van der Waals surface area contributed by atoms with Gasteiger partial charge in [-0.25, -0.2) is 4.79 Å². The highest BCUT2D eigenvalue weighted by Crippen LogP contribution is 2.07. The average Bonchev–Trinajstić information content (AvgIpc) is 2.37. The third-order valence-electron chi connectivity index (χ3n) is 2.77. The van der Waals surface area contributed by atoms with E-state index in [1.807, 2.05) is 6.92 Å². The second-order valence-corrected chi connectivity index (χ2v) is 4.50. The van der Waals surface area contributed by atoms with Gasteiger partial charge in [-0.2, -0.15) is 0 Å². The van der Waals surface area contributed by atoms with Gasteiger partial charge < -0.3 is 10.4 Å². The van der Waals surface area contributed by atoms with Crippen LogP contribution in [0.15, 0.2) is 36.9 Å². The molecule has 4 heteroatoms. The molecule has 1 aromatic rings. The minimum Gasteiger partial charge on any atom is -0.478 e. The second kappa shape index (κ2) is 7.36. The number of amides is 1. The maximum absolute atomic E-state index is 11.6. The molecule has 0 spiro atoms. The van der Waals surface area contributed by atoms with E-state index in [1.54, 1.807) is 30.3 Å². The predicted octanol–water partition coefficient (Wildman–Crippen LogP) is 2.40. The van der Waals surface area contributed by atoms with Gasteiger partial charge in [-0.1, -0.05) is 18.2 Å². The Balaban J connectivity index is 2.41. The molecule has 1 rings (SSSR count). The first-order chi connectivity index (χ1) is 9.02. The largest absolute Gasteiger partial charge is 0.478 e. The summed E-state index contributed by atoms with van der Waals surface area (Å²) in [5.74, 6) is -0.945. The first kappa shape index (κ1) is 15.0. The second-order valence-electron chi connectivity index (χ2n) is 4.50. The Bertz CT molecular complexity index is 451. The van der Waals surface area contributed by atoms with Crippen molar-refractivity contribution in [1.29, 1.82) is 0 Å². The average molecular weight is 261 g/mol. The molecule has 0 aliphatic carbocycles. The zero-order chi connectivity index (χ0) is 14.3. The Morgan fingerprint density at radius 2 is 2.00 bits per heavy atom. The lowest BCUT2D eigenvalue weighted by Gasteiger charge is -2.11. The molecular weight excluding hydrogens is 242 g/mol. The normalized spacial score (nSPS) is 11.6. The van der Waals surface area contributed by atoms with E-state index < -0.39 is 5.97 Å². The molecule has 1 unspecified atom stereocenters. The summed E-state index contributed by atoms with van der Waals surface area (Å²) in [5, 5.41) is 11.6. The summed E-state index contributed by atoms with van der Waals surface area (Å²) in [4.78, 5) is 22.3. The number of carboxylic acids is 1. The molecule has 2 N–H and O–H groups in total. The SMILES string of the molecule is C=CCC(C)NC(=O)CCc1ccc(C(=O)O)cc1. The molecule has 19 heavy (non-hydrogen) atoms. The van der Waals surface area contributed by atoms with E-state index in [9.17, 15) is 9.59 Å². The highest BCUT2D eigenvalue weighted by Gasteiger charge is 2.07. The first-order valence-corrected chi connectivity index (χ1v) is 6.25. The molecule has 0 aromatic heterocycles. The third-order valence-corrected chi connectivity index (χ3v) is 2.77. The quantitative estimate of drug-likeness (QED) is 0.741. The minimum absolute atomic E-state index is 0.00309. The van der Waals surface area contributed by atoms with Gasteiger partial charge in [-0.05, 0) is 37.5 Å². The van der Waals surface area contributed by atoms with Crippen molar-refractivity contribution in [3.8, 4) is 0 Å². The van der Waals surface area contributed by atoms with E-state index in [-0.39, 0.29) is 17.5 Å². The number of hydrogen-bond donors (Lipinski definition) is 2. The van der Waals surface area contributed by atoms with Crippen LogP contribution in [0, 0.1) is 0 Å². The molecule has 4 nitrogen and oxygen atoms in total. The van der Waals surface area contributed by atoms with Crippen molar-refractivity contribution >= 4 is 11.9 Å². The maximum atomic E-state index is 11.6. The lowest BCUT2D eigenvalue weighted by atomic mass is 10.1. The van der Waals surface area contributed by atoms with Crippen LogP contribution >= 0.6 is 0 Å². The molecule has 0 saturated carbocycles. The first-order valence-electron chi connectivity index (χ1n) is 6.25. The number of carbonyl (C=O) groups excluding carboxylic acids is 1. The van der Waals surface area contributed by atoms with Crippen LogP contribution in [0.2, 0.25) is 0 Å². The van der Waals surface area contributed by atoms with E-state index in [0.29, 0.717) is 12.8 Å². The molecule has 1 amide bonds. The molecule has 1 aromatic carbocycles. The Morgan fingerprint density at radius 1 is 1.37 bits per heavy atom. The van der Waals surface area contributed by atoms with Crippen LogP contribution in [0.3, 0.4) is 0 Å². The van der Waals surface area contributed by atoms with Crippen molar-refractivity contribution in [2.24, 2.45) is 0 Å². The molecule has 0 aliphatic rings. The minimum atomic E-state index is -0.942. The highest BCUT2D eigenvalue weighted by atomic mass is 16.4. The Kier molecular flexibility index (Phi) is 5.79. The van der Waals surface area contributed by atoms with E-state index >= 15 is 0 Å². The molecule has 0 radical (unpaired) electrons. The van der Waals surface area contributed by atoms with Gasteiger partial charge in [-0.3, -0.25) is 4.79 Å². The fourth-order valence-corrected chi connectivity index (χ4v) is 1.73. The van der Waals surface area contributed by atoms with Gasteiger partial charge in [0, 0.05) is 12.5 Å². The van der Waals surface area contributed by atoms with Crippen LogP contribution in [0.1, 0.15) is 35.7 Å². The molecule has 0 saturated heterocycles. The van der Waals surface area contributed by atoms with E-state index in [0.717, 1.165) is 12.0 Å².